The van der Waals surface area contributed by atoms with E-state index in [4.69, 9.17) is 0 Å². The van der Waals surface area contributed by atoms with Crippen LogP contribution in [-0.2, 0) is 0 Å². The molecule has 60 valence electrons. The Kier molecular flexibility index (Phi) is 9.92. The Bertz CT molecular complexity index is 76.8. The van der Waals surface area contributed by atoms with Gasteiger partial charge in [-0.1, -0.05) is 60.9 Å². The molecule has 1 heteroatoms. The van der Waals surface area contributed by atoms with E-state index in [1.807, 2.05) is 0 Å². The molecule has 0 spiro atoms. The van der Waals surface area contributed by atoms with Crippen LogP contribution in [0.3, 0.4) is 0 Å². The van der Waals surface area contributed by atoms with Crippen LogP contribution < -0.4 is 0 Å². The molecule has 0 nitrogen and oxygen atoms in total. The van der Waals surface area contributed by atoms with Gasteiger partial charge in [-0.25, -0.2) is 0 Å². The first-order chi connectivity index (χ1) is 4.91. The number of hydrogen-bond donors (Lipinski definition) is 0. The van der Waals surface area contributed by atoms with E-state index in [1.165, 1.54) is 32.1 Å². The minimum atomic E-state index is 1.16. The lowest BCUT2D eigenvalue weighted by Crippen LogP contribution is -1.73. The fraction of sp³-hybridized carbons (Fsp3) is 0.778. The number of unbranched alkanes of at least 4 members (excludes halogenated alkanes) is 4. The summed E-state index contributed by atoms with van der Waals surface area (Å²) in [5, 5.41) is 0. The summed E-state index contributed by atoms with van der Waals surface area (Å²) in [5.74, 6) is 0. The molecule has 0 N–H and O–H groups in total. The van der Waals surface area contributed by atoms with Crippen LogP contribution in [0.2, 0.25) is 0 Å². The van der Waals surface area contributed by atoms with Crippen molar-refractivity contribution in [2.45, 2.75) is 39.0 Å². The summed E-state index contributed by atoms with van der Waals surface area (Å²) in [6.07, 6.45) is 11.3. The molecule has 0 radical (unpaired) electrons. The molecule has 0 aliphatic rings. The molecule has 0 heterocycles. The lowest BCUT2D eigenvalue weighted by molar-refractivity contribution is 0.674. The first-order valence-electron chi connectivity index (χ1n) is 4.12. The Morgan fingerprint density at radius 3 is 2.50 bits per heavy atom. The van der Waals surface area contributed by atoms with Crippen LogP contribution in [0.5, 0.6) is 0 Å². The van der Waals surface area contributed by atoms with Gasteiger partial charge in [-0.15, -0.1) is 0 Å². The minimum Gasteiger partial charge on any atom is -0.0878 e. The number of allylic oxidation sites excluding steroid dienone is 2. The molecule has 0 unspecified atom stereocenters. The van der Waals surface area contributed by atoms with Crippen LogP contribution in [0.4, 0.5) is 0 Å². The van der Waals surface area contributed by atoms with Gasteiger partial charge in [-0.2, -0.15) is 0 Å². The van der Waals surface area contributed by atoms with E-state index in [2.05, 4.69) is 41.7 Å². The third-order valence-corrected chi connectivity index (χ3v) is 1.99. The number of halogens is 1. The van der Waals surface area contributed by atoms with Crippen molar-refractivity contribution in [3.8, 4) is 0 Å². The van der Waals surface area contributed by atoms with E-state index in [0.29, 0.717) is 0 Å². The summed E-state index contributed by atoms with van der Waals surface area (Å²) in [6.45, 7) is 2.25. The quantitative estimate of drug-likeness (QED) is 0.290. The molecule has 0 aromatic carbocycles. The van der Waals surface area contributed by atoms with Gasteiger partial charge in [0.25, 0.3) is 0 Å². The highest BCUT2D eigenvalue weighted by atomic mass is 127. The smallest absolute Gasteiger partial charge is 0.0175 e. The van der Waals surface area contributed by atoms with Crippen LogP contribution >= 0.6 is 22.6 Å². The molecular weight excluding hydrogens is 235 g/mol. The molecule has 0 atom stereocenters. The Labute approximate surface area is 78.2 Å². The summed E-state index contributed by atoms with van der Waals surface area (Å²) in [5.41, 5.74) is 0. The van der Waals surface area contributed by atoms with E-state index in [0.717, 1.165) is 4.43 Å². The molecule has 0 saturated heterocycles. The van der Waals surface area contributed by atoms with Gasteiger partial charge < -0.3 is 0 Å². The second-order valence-corrected chi connectivity index (χ2v) is 3.36. The summed E-state index contributed by atoms with van der Waals surface area (Å²) in [7, 11) is 0. The van der Waals surface area contributed by atoms with E-state index in [-0.39, 0.29) is 0 Å². The first-order valence-corrected chi connectivity index (χ1v) is 5.65. The third kappa shape index (κ3) is 8.47. The maximum Gasteiger partial charge on any atom is 0.0175 e. The number of hydrogen-bond acceptors (Lipinski definition) is 0. The van der Waals surface area contributed by atoms with Gasteiger partial charge in [0.05, 0.1) is 0 Å². The summed E-state index contributed by atoms with van der Waals surface area (Å²) >= 11 is 2.37. The highest BCUT2D eigenvalue weighted by Crippen LogP contribution is 2.02. The topological polar surface area (TPSA) is 0 Å². The average molecular weight is 252 g/mol. The largest absolute Gasteiger partial charge is 0.0878 e. The molecular formula is C9H17I. The predicted molar refractivity (Wildman–Crippen MR) is 56.8 cm³/mol. The van der Waals surface area contributed by atoms with Crippen LogP contribution in [0.15, 0.2) is 12.2 Å². The van der Waals surface area contributed by atoms with Crippen molar-refractivity contribution in [3.05, 3.63) is 12.2 Å². The molecule has 0 amide bonds. The fourth-order valence-corrected chi connectivity index (χ4v) is 1.23. The van der Waals surface area contributed by atoms with Gasteiger partial charge in [0.1, 0.15) is 0 Å². The summed E-state index contributed by atoms with van der Waals surface area (Å²) in [6, 6.07) is 0. The molecule has 0 aliphatic carbocycles. The van der Waals surface area contributed by atoms with Crippen molar-refractivity contribution in [2.24, 2.45) is 0 Å². The Hall–Kier alpha value is 0.470. The van der Waals surface area contributed by atoms with Crippen LogP contribution in [0.1, 0.15) is 39.0 Å². The monoisotopic (exact) mass is 252 g/mol. The Morgan fingerprint density at radius 2 is 1.90 bits per heavy atom. The van der Waals surface area contributed by atoms with Crippen LogP contribution in [0, 0.1) is 0 Å². The summed E-state index contributed by atoms with van der Waals surface area (Å²) < 4.78 is 1.16. The minimum absolute atomic E-state index is 1.16. The van der Waals surface area contributed by atoms with Gasteiger partial charge in [-0.05, 0) is 12.8 Å². The predicted octanol–water partition coefficient (Wildman–Crippen LogP) is 3.95. The van der Waals surface area contributed by atoms with Gasteiger partial charge in [0, 0.05) is 4.43 Å². The molecule has 0 saturated carbocycles. The molecule has 0 aromatic rings. The highest BCUT2D eigenvalue weighted by Gasteiger charge is 1.82. The van der Waals surface area contributed by atoms with E-state index >= 15 is 0 Å². The molecule has 10 heavy (non-hydrogen) atoms. The number of rotatable bonds is 6. The second-order valence-electron chi connectivity index (χ2n) is 2.48. The first kappa shape index (κ1) is 10.5. The van der Waals surface area contributed by atoms with Crippen molar-refractivity contribution in [3.63, 3.8) is 0 Å². The highest BCUT2D eigenvalue weighted by molar-refractivity contribution is 14.1. The summed E-state index contributed by atoms with van der Waals surface area (Å²) in [4.78, 5) is 0. The SMILES string of the molecule is CCCCCCC=CCI. The zero-order chi connectivity index (χ0) is 7.66. The Morgan fingerprint density at radius 1 is 1.10 bits per heavy atom. The molecule has 0 rings (SSSR count). The van der Waals surface area contributed by atoms with Gasteiger partial charge in [-0.3, -0.25) is 0 Å². The van der Waals surface area contributed by atoms with Crippen molar-refractivity contribution >= 4 is 22.6 Å². The van der Waals surface area contributed by atoms with E-state index in [1.54, 1.807) is 0 Å². The maximum absolute atomic E-state index is 2.37. The average Bonchev–Trinajstić information content (AvgIpc) is 1.97. The van der Waals surface area contributed by atoms with Gasteiger partial charge >= 0.3 is 0 Å². The van der Waals surface area contributed by atoms with Crippen molar-refractivity contribution in [1.29, 1.82) is 0 Å². The standard InChI is InChI=1S/C9H17I/c1-2-3-4-5-6-7-8-9-10/h7-8H,2-6,9H2,1H3. The lowest BCUT2D eigenvalue weighted by atomic mass is 10.1. The zero-order valence-corrected chi connectivity index (χ0v) is 8.93. The molecule has 0 aliphatic heterocycles. The fourth-order valence-electron chi connectivity index (χ4n) is 0.870. The normalized spacial score (nSPS) is 11.0. The van der Waals surface area contributed by atoms with Gasteiger partial charge in [0.2, 0.25) is 0 Å². The second kappa shape index (κ2) is 9.47. The van der Waals surface area contributed by atoms with Crippen molar-refractivity contribution < 1.29 is 0 Å². The molecule has 0 bridgehead atoms. The van der Waals surface area contributed by atoms with Crippen molar-refractivity contribution in [1.82, 2.24) is 0 Å². The lowest BCUT2D eigenvalue weighted by Gasteiger charge is -1.92. The van der Waals surface area contributed by atoms with E-state index in [9.17, 15) is 0 Å². The zero-order valence-electron chi connectivity index (χ0n) is 6.78. The molecule has 0 aromatic heterocycles. The third-order valence-electron chi connectivity index (χ3n) is 1.48. The van der Waals surface area contributed by atoms with Gasteiger partial charge in [0.15, 0.2) is 0 Å². The maximum atomic E-state index is 2.37. The van der Waals surface area contributed by atoms with Crippen LogP contribution in [-0.4, -0.2) is 4.43 Å². The number of alkyl halides is 1. The van der Waals surface area contributed by atoms with Crippen molar-refractivity contribution in [2.75, 3.05) is 4.43 Å². The van der Waals surface area contributed by atoms with E-state index < -0.39 is 0 Å². The molecule has 0 fully saturated rings. The van der Waals surface area contributed by atoms with Crippen LogP contribution in [0.25, 0.3) is 0 Å². The Balaban J connectivity index is 2.83.